The Morgan fingerprint density at radius 1 is 1.43 bits per heavy atom. The van der Waals surface area contributed by atoms with Crippen LogP contribution in [-0.2, 0) is 4.79 Å². The molecule has 1 saturated carbocycles. The predicted molar refractivity (Wildman–Crippen MR) is 90.9 cm³/mol. The standard InChI is InChI=1S/C17H24N2O3.ClH/c1-22-15-5-3-2-4-12(15)14(20)11-19-16(21)13-10-17(13)6-8-18-9-7-17;/h2-5,13-14,18,20H,6-11H2,1H3,(H,19,21);1H. The van der Waals surface area contributed by atoms with Crippen LogP contribution >= 0.6 is 12.4 Å². The summed E-state index contributed by atoms with van der Waals surface area (Å²) in [7, 11) is 1.58. The monoisotopic (exact) mass is 340 g/mol. The fraction of sp³-hybridized carbons (Fsp3) is 0.588. The second-order valence-corrected chi connectivity index (χ2v) is 6.37. The van der Waals surface area contributed by atoms with Crippen molar-refractivity contribution in [1.29, 1.82) is 0 Å². The normalized spacial score (nSPS) is 22.8. The van der Waals surface area contributed by atoms with Crippen LogP contribution in [0.15, 0.2) is 24.3 Å². The summed E-state index contributed by atoms with van der Waals surface area (Å²) in [4.78, 5) is 12.3. The van der Waals surface area contributed by atoms with Crippen LogP contribution in [0.5, 0.6) is 5.75 Å². The summed E-state index contributed by atoms with van der Waals surface area (Å²) < 4.78 is 5.24. The number of aliphatic hydroxyl groups is 1. The first-order chi connectivity index (χ1) is 10.7. The minimum atomic E-state index is -0.747. The van der Waals surface area contributed by atoms with E-state index < -0.39 is 6.10 Å². The van der Waals surface area contributed by atoms with Crippen LogP contribution in [0.2, 0.25) is 0 Å². The number of methoxy groups -OCH3 is 1. The van der Waals surface area contributed by atoms with Crippen molar-refractivity contribution in [3.05, 3.63) is 29.8 Å². The minimum absolute atomic E-state index is 0. The van der Waals surface area contributed by atoms with Gasteiger partial charge in [-0.05, 0) is 43.8 Å². The number of amides is 1. The molecule has 1 aromatic rings. The second-order valence-electron chi connectivity index (χ2n) is 6.37. The smallest absolute Gasteiger partial charge is 0.223 e. The molecule has 0 bridgehead atoms. The number of nitrogens with one attached hydrogen (secondary N) is 2. The average Bonchev–Trinajstić information content (AvgIpc) is 3.26. The lowest BCUT2D eigenvalue weighted by Gasteiger charge is -2.23. The highest BCUT2D eigenvalue weighted by Gasteiger charge is 2.57. The molecule has 0 aromatic heterocycles. The molecule has 1 heterocycles. The molecular weight excluding hydrogens is 316 g/mol. The van der Waals surface area contributed by atoms with Crippen LogP contribution in [0.25, 0.3) is 0 Å². The van der Waals surface area contributed by atoms with Gasteiger partial charge in [0.05, 0.1) is 13.2 Å². The Morgan fingerprint density at radius 3 is 2.83 bits per heavy atom. The SMILES string of the molecule is COc1ccccc1C(O)CNC(=O)C1CC12CCNCC2.Cl. The molecule has 23 heavy (non-hydrogen) atoms. The molecule has 6 heteroatoms. The Balaban J connectivity index is 0.00000192. The molecular formula is C17H25ClN2O3. The Bertz CT molecular complexity index is 546. The number of hydrogen-bond acceptors (Lipinski definition) is 4. The highest BCUT2D eigenvalue weighted by atomic mass is 35.5. The zero-order valence-electron chi connectivity index (χ0n) is 13.4. The maximum Gasteiger partial charge on any atom is 0.223 e. The Hall–Kier alpha value is -1.30. The highest BCUT2D eigenvalue weighted by molar-refractivity contribution is 5.85. The third-order valence-corrected chi connectivity index (χ3v) is 5.07. The van der Waals surface area contributed by atoms with Crippen LogP contribution in [0.4, 0.5) is 0 Å². The summed E-state index contributed by atoms with van der Waals surface area (Å²) in [6.07, 6.45) is 2.41. The van der Waals surface area contributed by atoms with E-state index in [4.69, 9.17) is 4.74 Å². The van der Waals surface area contributed by atoms with Gasteiger partial charge in [-0.25, -0.2) is 0 Å². The number of carbonyl (C=O) groups excluding carboxylic acids is 1. The van der Waals surface area contributed by atoms with Gasteiger partial charge in [0.2, 0.25) is 5.91 Å². The first kappa shape index (κ1) is 18.0. The first-order valence-electron chi connectivity index (χ1n) is 7.96. The van der Waals surface area contributed by atoms with Crippen molar-refractivity contribution in [3.8, 4) is 5.75 Å². The van der Waals surface area contributed by atoms with Gasteiger partial charge in [0, 0.05) is 18.0 Å². The zero-order chi connectivity index (χ0) is 15.6. The fourth-order valence-electron chi connectivity index (χ4n) is 3.57. The van der Waals surface area contributed by atoms with E-state index in [1.54, 1.807) is 7.11 Å². The van der Waals surface area contributed by atoms with Crippen LogP contribution in [0.1, 0.15) is 30.9 Å². The lowest BCUT2D eigenvalue weighted by molar-refractivity contribution is -0.123. The Kier molecular flexibility index (Phi) is 5.89. The van der Waals surface area contributed by atoms with E-state index in [1.165, 1.54) is 0 Å². The van der Waals surface area contributed by atoms with Gasteiger partial charge in [0.15, 0.2) is 0 Å². The predicted octanol–water partition coefficient (Wildman–Crippen LogP) is 1.66. The number of aliphatic hydroxyl groups excluding tert-OH is 1. The van der Waals surface area contributed by atoms with Gasteiger partial charge in [-0.3, -0.25) is 4.79 Å². The summed E-state index contributed by atoms with van der Waals surface area (Å²) in [5, 5.41) is 16.5. The number of hydrogen-bond donors (Lipinski definition) is 3. The van der Waals surface area contributed by atoms with Crippen molar-refractivity contribution in [1.82, 2.24) is 10.6 Å². The lowest BCUT2D eigenvalue weighted by atomic mass is 9.92. The highest BCUT2D eigenvalue weighted by Crippen LogP contribution is 2.58. The number of halogens is 1. The molecule has 3 rings (SSSR count). The molecule has 1 amide bonds. The van der Waals surface area contributed by atoms with E-state index in [0.29, 0.717) is 11.3 Å². The van der Waals surface area contributed by atoms with Crippen molar-refractivity contribution in [2.75, 3.05) is 26.7 Å². The van der Waals surface area contributed by atoms with Gasteiger partial charge in [0.25, 0.3) is 0 Å². The summed E-state index contributed by atoms with van der Waals surface area (Å²) in [6.45, 7) is 2.24. The van der Waals surface area contributed by atoms with Gasteiger partial charge < -0.3 is 20.5 Å². The van der Waals surface area contributed by atoms with Crippen LogP contribution in [0.3, 0.4) is 0 Å². The van der Waals surface area contributed by atoms with E-state index in [2.05, 4.69) is 10.6 Å². The van der Waals surface area contributed by atoms with E-state index in [9.17, 15) is 9.90 Å². The van der Waals surface area contributed by atoms with Crippen molar-refractivity contribution < 1.29 is 14.6 Å². The van der Waals surface area contributed by atoms with E-state index in [0.717, 1.165) is 32.4 Å². The topological polar surface area (TPSA) is 70.6 Å². The maximum atomic E-state index is 12.3. The number of para-hydroxylation sites is 1. The summed E-state index contributed by atoms with van der Waals surface area (Å²) in [5.74, 6) is 0.848. The largest absolute Gasteiger partial charge is 0.496 e. The third kappa shape index (κ3) is 3.79. The summed E-state index contributed by atoms with van der Waals surface area (Å²) in [6, 6.07) is 7.35. The molecule has 128 valence electrons. The number of carbonyl (C=O) groups is 1. The van der Waals surface area contributed by atoms with E-state index >= 15 is 0 Å². The zero-order valence-corrected chi connectivity index (χ0v) is 14.2. The Morgan fingerprint density at radius 2 is 2.13 bits per heavy atom. The van der Waals surface area contributed by atoms with Crippen molar-refractivity contribution in [2.24, 2.45) is 11.3 Å². The van der Waals surface area contributed by atoms with Gasteiger partial charge in [-0.1, -0.05) is 18.2 Å². The molecule has 1 aromatic carbocycles. The molecule has 1 aliphatic carbocycles. The van der Waals surface area contributed by atoms with E-state index in [-0.39, 0.29) is 36.2 Å². The van der Waals surface area contributed by atoms with Crippen molar-refractivity contribution in [3.63, 3.8) is 0 Å². The van der Waals surface area contributed by atoms with Gasteiger partial charge >= 0.3 is 0 Å². The van der Waals surface area contributed by atoms with Crippen LogP contribution in [-0.4, -0.2) is 37.8 Å². The fourth-order valence-corrected chi connectivity index (χ4v) is 3.57. The summed E-state index contributed by atoms with van der Waals surface area (Å²) >= 11 is 0. The third-order valence-electron chi connectivity index (χ3n) is 5.07. The number of ether oxygens (including phenoxy) is 1. The Labute approximate surface area is 143 Å². The molecule has 5 nitrogen and oxygen atoms in total. The summed E-state index contributed by atoms with van der Waals surface area (Å²) in [5.41, 5.74) is 0.933. The maximum absolute atomic E-state index is 12.3. The van der Waals surface area contributed by atoms with Crippen molar-refractivity contribution in [2.45, 2.75) is 25.4 Å². The average molecular weight is 341 g/mol. The van der Waals surface area contributed by atoms with E-state index in [1.807, 2.05) is 24.3 Å². The first-order valence-corrected chi connectivity index (χ1v) is 7.96. The molecule has 1 spiro atoms. The molecule has 0 radical (unpaired) electrons. The second kappa shape index (κ2) is 7.51. The molecule has 1 aliphatic heterocycles. The minimum Gasteiger partial charge on any atom is -0.496 e. The molecule has 3 N–H and O–H groups in total. The number of rotatable bonds is 5. The molecule has 1 saturated heterocycles. The molecule has 2 fully saturated rings. The lowest BCUT2D eigenvalue weighted by Crippen LogP contribution is -2.35. The molecule has 2 atom stereocenters. The van der Waals surface area contributed by atoms with Gasteiger partial charge in [-0.2, -0.15) is 0 Å². The van der Waals surface area contributed by atoms with Crippen LogP contribution < -0.4 is 15.4 Å². The number of piperidine rings is 1. The quantitative estimate of drug-likeness (QED) is 0.762. The van der Waals surface area contributed by atoms with Crippen molar-refractivity contribution >= 4 is 18.3 Å². The number of benzene rings is 1. The molecule has 2 unspecified atom stereocenters. The van der Waals surface area contributed by atoms with Gasteiger partial charge in [-0.15, -0.1) is 12.4 Å². The van der Waals surface area contributed by atoms with Gasteiger partial charge in [0.1, 0.15) is 5.75 Å². The van der Waals surface area contributed by atoms with Crippen LogP contribution in [0, 0.1) is 11.3 Å². The molecule has 2 aliphatic rings.